The van der Waals surface area contributed by atoms with E-state index in [2.05, 4.69) is 10.6 Å². The molecule has 35 heavy (non-hydrogen) atoms. The molecule has 0 spiro atoms. The van der Waals surface area contributed by atoms with Crippen LogP contribution in [0.25, 0.3) is 0 Å². The molecule has 2 atom stereocenters. The predicted molar refractivity (Wildman–Crippen MR) is 134 cm³/mol. The van der Waals surface area contributed by atoms with Crippen LogP contribution < -0.4 is 10.2 Å². The second-order valence-corrected chi connectivity index (χ2v) is 10.3. The molecule has 1 aliphatic heterocycles. The van der Waals surface area contributed by atoms with Gasteiger partial charge in [0.2, 0.25) is 0 Å². The number of aryl methyl sites for hydroxylation is 1. The summed E-state index contributed by atoms with van der Waals surface area (Å²) in [6, 6.07) is 8.03. The molecule has 2 unspecified atom stereocenters. The Kier molecular flexibility index (Phi) is 8.63. The zero-order valence-corrected chi connectivity index (χ0v) is 21.4. The molecule has 186 valence electrons. The van der Waals surface area contributed by atoms with Gasteiger partial charge in [-0.15, -0.1) is 16.7 Å². The molecule has 2 amide bonds. The number of nitrogens with one attached hydrogen (secondary N) is 1. The lowest BCUT2D eigenvalue weighted by Gasteiger charge is -2.25. The average molecular weight is 540 g/mol. The SMILES string of the molecule is Cc1cc(OCC(=O)NN2C(=O)C(CC(=O)O)SC2c2ccc(Cl)c(Cl)c2)c(C(C)C)cc1N=O. The smallest absolute Gasteiger partial charge is 0.305 e. The summed E-state index contributed by atoms with van der Waals surface area (Å²) in [6.07, 6.45) is -0.404. The van der Waals surface area contributed by atoms with E-state index in [9.17, 15) is 24.4 Å². The van der Waals surface area contributed by atoms with Gasteiger partial charge in [0.05, 0.1) is 21.7 Å². The molecule has 2 N–H and O–H groups in total. The van der Waals surface area contributed by atoms with E-state index in [0.717, 1.165) is 16.8 Å². The Bertz CT molecular complexity index is 1180. The van der Waals surface area contributed by atoms with Gasteiger partial charge in [0.25, 0.3) is 11.8 Å². The summed E-state index contributed by atoms with van der Waals surface area (Å²) < 4.78 is 5.72. The van der Waals surface area contributed by atoms with Crippen molar-refractivity contribution in [1.29, 1.82) is 0 Å². The van der Waals surface area contributed by atoms with Gasteiger partial charge in [-0.05, 0) is 59.0 Å². The van der Waals surface area contributed by atoms with Gasteiger partial charge in [-0.1, -0.05) is 43.1 Å². The molecule has 1 fully saturated rings. The van der Waals surface area contributed by atoms with E-state index in [0.29, 0.717) is 33.1 Å². The first kappa shape index (κ1) is 26.8. The number of nitrogens with zero attached hydrogens (tertiary/aromatic N) is 2. The molecule has 3 rings (SSSR count). The summed E-state index contributed by atoms with van der Waals surface area (Å²) >= 11 is 13.2. The molecule has 12 heteroatoms. The zero-order chi connectivity index (χ0) is 25.9. The molecule has 0 aromatic heterocycles. The summed E-state index contributed by atoms with van der Waals surface area (Å²) in [7, 11) is 0. The van der Waals surface area contributed by atoms with Crippen LogP contribution in [0.1, 0.15) is 48.3 Å². The van der Waals surface area contributed by atoms with Gasteiger partial charge >= 0.3 is 5.97 Å². The first-order valence-corrected chi connectivity index (χ1v) is 12.3. The van der Waals surface area contributed by atoms with Crippen LogP contribution in [-0.4, -0.2) is 39.8 Å². The minimum atomic E-state index is -1.13. The Morgan fingerprint density at radius 2 is 1.94 bits per heavy atom. The summed E-state index contributed by atoms with van der Waals surface area (Å²) in [5.74, 6) is -1.88. The van der Waals surface area contributed by atoms with Crippen molar-refractivity contribution < 1.29 is 24.2 Å². The van der Waals surface area contributed by atoms with E-state index < -0.39 is 41.4 Å². The summed E-state index contributed by atoms with van der Waals surface area (Å²) in [4.78, 5) is 48.0. The maximum absolute atomic E-state index is 12.9. The van der Waals surface area contributed by atoms with Crippen LogP contribution in [0.4, 0.5) is 5.69 Å². The zero-order valence-electron chi connectivity index (χ0n) is 19.1. The highest BCUT2D eigenvalue weighted by Gasteiger charge is 2.43. The molecule has 2 aromatic rings. The van der Waals surface area contributed by atoms with Gasteiger partial charge in [0.15, 0.2) is 6.61 Å². The van der Waals surface area contributed by atoms with Crippen molar-refractivity contribution in [2.45, 2.75) is 43.7 Å². The van der Waals surface area contributed by atoms with Crippen molar-refractivity contribution in [3.05, 3.63) is 62.0 Å². The number of carbonyl (C=O) groups is 3. The molecule has 2 aromatic carbocycles. The monoisotopic (exact) mass is 539 g/mol. The molecule has 0 aliphatic carbocycles. The van der Waals surface area contributed by atoms with Crippen LogP contribution in [0.3, 0.4) is 0 Å². The number of hydrogen-bond donors (Lipinski definition) is 2. The molecule has 1 saturated heterocycles. The molecule has 0 radical (unpaired) electrons. The number of benzene rings is 2. The third kappa shape index (κ3) is 6.25. The molecular weight excluding hydrogens is 517 g/mol. The van der Waals surface area contributed by atoms with E-state index in [1.54, 1.807) is 37.3 Å². The number of nitroso groups, excluding NO2 is 1. The third-order valence-electron chi connectivity index (χ3n) is 5.28. The first-order valence-electron chi connectivity index (χ1n) is 10.6. The maximum atomic E-state index is 12.9. The van der Waals surface area contributed by atoms with E-state index in [-0.39, 0.29) is 10.9 Å². The van der Waals surface area contributed by atoms with Crippen LogP contribution in [-0.2, 0) is 14.4 Å². The van der Waals surface area contributed by atoms with Gasteiger partial charge in [0.1, 0.15) is 16.8 Å². The highest BCUT2D eigenvalue weighted by molar-refractivity contribution is 8.01. The highest BCUT2D eigenvalue weighted by atomic mass is 35.5. The quantitative estimate of drug-likeness (QED) is 0.411. The predicted octanol–water partition coefficient (Wildman–Crippen LogP) is 5.35. The van der Waals surface area contributed by atoms with Crippen molar-refractivity contribution in [2.75, 3.05) is 6.61 Å². The largest absolute Gasteiger partial charge is 0.483 e. The number of hydrazine groups is 1. The van der Waals surface area contributed by atoms with Crippen LogP contribution in [0.5, 0.6) is 5.75 Å². The highest BCUT2D eigenvalue weighted by Crippen LogP contribution is 2.44. The van der Waals surface area contributed by atoms with Crippen molar-refractivity contribution in [2.24, 2.45) is 5.18 Å². The van der Waals surface area contributed by atoms with Crippen LogP contribution >= 0.6 is 35.0 Å². The van der Waals surface area contributed by atoms with Gasteiger partial charge in [-0.25, -0.2) is 5.01 Å². The number of carboxylic acids is 1. The van der Waals surface area contributed by atoms with E-state index in [1.165, 1.54) is 0 Å². The molecule has 0 saturated carbocycles. The van der Waals surface area contributed by atoms with Crippen molar-refractivity contribution in [3.8, 4) is 5.75 Å². The van der Waals surface area contributed by atoms with Crippen molar-refractivity contribution in [1.82, 2.24) is 10.4 Å². The third-order valence-corrected chi connectivity index (χ3v) is 7.46. The Morgan fingerprint density at radius 3 is 2.54 bits per heavy atom. The average Bonchev–Trinajstić information content (AvgIpc) is 3.08. The topological polar surface area (TPSA) is 125 Å². The Hall–Kier alpha value is -2.82. The maximum Gasteiger partial charge on any atom is 0.305 e. The van der Waals surface area contributed by atoms with Gasteiger partial charge in [-0.3, -0.25) is 19.8 Å². The Morgan fingerprint density at radius 1 is 1.23 bits per heavy atom. The molecule has 0 bridgehead atoms. The fourth-order valence-electron chi connectivity index (χ4n) is 3.52. The van der Waals surface area contributed by atoms with E-state index >= 15 is 0 Å². The fraction of sp³-hybridized carbons (Fsp3) is 0.348. The van der Waals surface area contributed by atoms with Crippen LogP contribution in [0.15, 0.2) is 35.5 Å². The van der Waals surface area contributed by atoms with Gasteiger partial charge < -0.3 is 9.84 Å². The van der Waals surface area contributed by atoms with Crippen molar-refractivity contribution in [3.63, 3.8) is 0 Å². The summed E-state index contributed by atoms with van der Waals surface area (Å²) in [6.45, 7) is 5.12. The molecular formula is C23H23Cl2N3O6S. The lowest BCUT2D eigenvalue weighted by atomic mass is 9.99. The number of aliphatic carboxylic acids is 1. The number of ether oxygens (including phenoxy) is 1. The number of hydrogen-bond acceptors (Lipinski definition) is 7. The van der Waals surface area contributed by atoms with Crippen LogP contribution in [0, 0.1) is 11.8 Å². The Labute approximate surface area is 216 Å². The van der Waals surface area contributed by atoms with E-state index in [1.807, 2.05) is 13.8 Å². The number of carboxylic acid groups (broad SMARTS) is 1. The second kappa shape index (κ2) is 11.3. The normalized spacial score (nSPS) is 17.5. The second-order valence-electron chi connectivity index (χ2n) is 8.20. The Balaban J connectivity index is 1.79. The summed E-state index contributed by atoms with van der Waals surface area (Å²) in [5, 5.41) is 12.3. The number of halogens is 2. The lowest BCUT2D eigenvalue weighted by Crippen LogP contribution is -2.47. The molecule has 9 nitrogen and oxygen atoms in total. The number of amides is 2. The van der Waals surface area contributed by atoms with Crippen LogP contribution in [0.2, 0.25) is 10.0 Å². The summed E-state index contributed by atoms with van der Waals surface area (Å²) in [5.41, 5.74) is 4.70. The number of thioether (sulfide) groups is 1. The van der Waals surface area contributed by atoms with Gasteiger partial charge in [0, 0.05) is 0 Å². The number of carbonyl (C=O) groups excluding carboxylic acids is 2. The standard InChI is InChI=1S/C23H23Cl2N3O6S/c1-11(2)14-8-17(27-33)12(3)6-18(14)34-10-20(29)26-28-22(32)19(9-21(30)31)35-23(28)13-4-5-15(24)16(25)7-13/h4-8,11,19,23H,9-10H2,1-3H3,(H,26,29)(H,30,31). The van der Waals surface area contributed by atoms with E-state index in [4.69, 9.17) is 27.9 Å². The number of rotatable bonds is 9. The fourth-order valence-corrected chi connectivity index (χ4v) is 5.19. The minimum Gasteiger partial charge on any atom is -0.483 e. The minimum absolute atomic E-state index is 0.00142. The first-order chi connectivity index (χ1) is 16.5. The van der Waals surface area contributed by atoms with Gasteiger partial charge in [-0.2, -0.15) is 0 Å². The molecule has 1 aliphatic rings. The molecule has 1 heterocycles. The lowest BCUT2D eigenvalue weighted by molar-refractivity contribution is -0.144. The van der Waals surface area contributed by atoms with Crippen molar-refractivity contribution >= 4 is 58.4 Å².